The molecule has 26 heavy (non-hydrogen) atoms. The topological polar surface area (TPSA) is 63.5 Å². The Hall–Kier alpha value is -1.93. The summed E-state index contributed by atoms with van der Waals surface area (Å²) in [6, 6.07) is 9.59. The van der Waals surface area contributed by atoms with Gasteiger partial charge in [-0.15, -0.1) is 0 Å². The first-order chi connectivity index (χ1) is 12.3. The van der Waals surface area contributed by atoms with Gasteiger partial charge in [-0.1, -0.05) is 59.3 Å². The molecule has 2 aromatic carbocycles. The van der Waals surface area contributed by atoms with E-state index in [0.29, 0.717) is 25.5 Å². The van der Waals surface area contributed by atoms with Crippen molar-refractivity contribution in [3.05, 3.63) is 72.6 Å². The van der Waals surface area contributed by atoms with Crippen molar-refractivity contribution in [1.29, 1.82) is 0 Å². The van der Waals surface area contributed by atoms with Crippen LogP contribution in [0.5, 0.6) is 0 Å². The van der Waals surface area contributed by atoms with Crippen molar-refractivity contribution < 1.29 is 9.72 Å². The standard InChI is InChI=1S/C17H10Cl2N2O3S2/c1-9-2-4-11(8-13(9)19)20-16(22)15(26-17(20)25)7-10-3-5-12(18)14(6-10)21(23)24/h2-8H,1H3/b15-7+. The normalized spacial score (nSPS) is 15.8. The van der Waals surface area contributed by atoms with Gasteiger partial charge in [0.25, 0.3) is 11.6 Å². The Morgan fingerprint density at radius 3 is 2.58 bits per heavy atom. The lowest BCUT2D eigenvalue weighted by Crippen LogP contribution is -2.27. The first kappa shape index (κ1) is 18.8. The zero-order valence-electron chi connectivity index (χ0n) is 13.2. The van der Waals surface area contributed by atoms with Crippen LogP contribution >= 0.6 is 47.2 Å². The summed E-state index contributed by atoms with van der Waals surface area (Å²) in [6.45, 7) is 1.86. The number of halogens is 2. The largest absolute Gasteiger partial charge is 0.288 e. The van der Waals surface area contributed by atoms with Crippen molar-refractivity contribution in [3.8, 4) is 0 Å². The van der Waals surface area contributed by atoms with E-state index in [1.807, 2.05) is 13.0 Å². The number of benzene rings is 2. The van der Waals surface area contributed by atoms with E-state index in [1.54, 1.807) is 24.3 Å². The van der Waals surface area contributed by atoms with Gasteiger partial charge in [-0.05, 0) is 42.3 Å². The molecule has 0 N–H and O–H groups in total. The number of carbonyl (C=O) groups excluding carboxylic acids is 1. The summed E-state index contributed by atoms with van der Waals surface area (Å²) in [7, 11) is 0. The number of carbonyl (C=O) groups is 1. The van der Waals surface area contributed by atoms with Gasteiger partial charge >= 0.3 is 0 Å². The van der Waals surface area contributed by atoms with Gasteiger partial charge in [-0.3, -0.25) is 19.8 Å². The number of amides is 1. The molecule has 0 saturated carbocycles. The van der Waals surface area contributed by atoms with Gasteiger partial charge < -0.3 is 0 Å². The van der Waals surface area contributed by atoms with E-state index in [9.17, 15) is 14.9 Å². The highest BCUT2D eigenvalue weighted by atomic mass is 35.5. The number of rotatable bonds is 3. The van der Waals surface area contributed by atoms with Crippen LogP contribution in [0.1, 0.15) is 11.1 Å². The quantitative estimate of drug-likeness (QED) is 0.277. The Labute approximate surface area is 168 Å². The summed E-state index contributed by atoms with van der Waals surface area (Å²) in [6.07, 6.45) is 1.55. The lowest BCUT2D eigenvalue weighted by atomic mass is 10.1. The molecule has 1 aliphatic rings. The third-order valence-electron chi connectivity index (χ3n) is 3.67. The van der Waals surface area contributed by atoms with Crippen LogP contribution in [0.3, 0.4) is 0 Å². The van der Waals surface area contributed by atoms with Crippen molar-refractivity contribution in [1.82, 2.24) is 0 Å². The molecular formula is C17H10Cl2N2O3S2. The molecule has 1 aliphatic heterocycles. The fourth-order valence-electron chi connectivity index (χ4n) is 2.32. The molecule has 1 amide bonds. The molecular weight excluding hydrogens is 415 g/mol. The molecule has 1 heterocycles. The monoisotopic (exact) mass is 424 g/mol. The number of aryl methyl sites for hydroxylation is 1. The van der Waals surface area contributed by atoms with E-state index in [-0.39, 0.29) is 16.6 Å². The maximum absolute atomic E-state index is 12.7. The minimum absolute atomic E-state index is 0.0361. The summed E-state index contributed by atoms with van der Waals surface area (Å²) >= 11 is 18.4. The smallest absolute Gasteiger partial charge is 0.268 e. The molecule has 0 atom stereocenters. The van der Waals surface area contributed by atoms with Crippen molar-refractivity contribution in [2.24, 2.45) is 0 Å². The second-order valence-electron chi connectivity index (χ2n) is 5.42. The number of hydrogen-bond acceptors (Lipinski definition) is 5. The Morgan fingerprint density at radius 1 is 1.19 bits per heavy atom. The molecule has 2 aromatic rings. The van der Waals surface area contributed by atoms with E-state index in [0.717, 1.165) is 17.3 Å². The van der Waals surface area contributed by atoms with Crippen molar-refractivity contribution in [3.63, 3.8) is 0 Å². The van der Waals surface area contributed by atoms with Gasteiger partial charge in [-0.2, -0.15) is 0 Å². The average molecular weight is 425 g/mol. The molecule has 0 radical (unpaired) electrons. The van der Waals surface area contributed by atoms with Crippen molar-refractivity contribution >= 4 is 74.9 Å². The van der Waals surface area contributed by atoms with Crippen molar-refractivity contribution in [2.75, 3.05) is 4.90 Å². The minimum Gasteiger partial charge on any atom is -0.268 e. The summed E-state index contributed by atoms with van der Waals surface area (Å²) in [5.74, 6) is -0.308. The predicted octanol–water partition coefficient (Wildman–Crippen LogP) is 5.62. The number of nitro groups is 1. The molecule has 0 aliphatic carbocycles. The molecule has 132 valence electrons. The number of nitrogens with zero attached hydrogens (tertiary/aromatic N) is 2. The molecule has 0 bridgehead atoms. The molecule has 1 fully saturated rings. The summed E-state index contributed by atoms with van der Waals surface area (Å²) < 4.78 is 0.365. The highest BCUT2D eigenvalue weighted by Gasteiger charge is 2.33. The molecule has 1 saturated heterocycles. The van der Waals surface area contributed by atoms with Crippen LogP contribution in [0.15, 0.2) is 41.3 Å². The summed E-state index contributed by atoms with van der Waals surface area (Å²) in [5.41, 5.74) is 1.74. The maximum atomic E-state index is 12.7. The second kappa shape index (κ2) is 7.36. The third kappa shape index (κ3) is 3.61. The van der Waals surface area contributed by atoms with Gasteiger partial charge in [0.15, 0.2) is 4.32 Å². The zero-order valence-corrected chi connectivity index (χ0v) is 16.4. The van der Waals surface area contributed by atoms with Gasteiger partial charge in [0.1, 0.15) is 5.02 Å². The second-order valence-corrected chi connectivity index (χ2v) is 7.91. The number of nitro benzene ring substituents is 1. The molecule has 0 unspecified atom stereocenters. The lowest BCUT2D eigenvalue weighted by molar-refractivity contribution is -0.384. The van der Waals surface area contributed by atoms with Crippen LogP contribution in [-0.4, -0.2) is 15.2 Å². The third-order valence-corrected chi connectivity index (χ3v) is 5.70. The fourth-order valence-corrected chi connectivity index (χ4v) is 3.98. The number of thioether (sulfide) groups is 1. The summed E-state index contributed by atoms with van der Waals surface area (Å²) in [4.78, 5) is 24.9. The van der Waals surface area contributed by atoms with E-state index in [4.69, 9.17) is 35.4 Å². The minimum atomic E-state index is -0.570. The van der Waals surface area contributed by atoms with Crippen LogP contribution in [0, 0.1) is 17.0 Å². The Kier molecular flexibility index (Phi) is 5.34. The number of thiocarbonyl (C=S) groups is 1. The molecule has 5 nitrogen and oxygen atoms in total. The van der Waals surface area contributed by atoms with Gasteiger partial charge in [0.2, 0.25) is 0 Å². The van der Waals surface area contributed by atoms with Crippen LogP contribution in [-0.2, 0) is 4.79 Å². The Bertz CT molecular complexity index is 992. The highest BCUT2D eigenvalue weighted by Crippen LogP contribution is 2.37. The lowest BCUT2D eigenvalue weighted by Gasteiger charge is -2.15. The molecule has 9 heteroatoms. The van der Waals surface area contributed by atoms with Crippen LogP contribution in [0.25, 0.3) is 6.08 Å². The number of hydrogen-bond donors (Lipinski definition) is 0. The van der Waals surface area contributed by atoms with Gasteiger partial charge in [-0.25, -0.2) is 0 Å². The average Bonchev–Trinajstić information content (AvgIpc) is 2.85. The first-order valence-corrected chi connectivity index (χ1v) is 9.24. The Morgan fingerprint density at radius 2 is 1.92 bits per heavy atom. The van der Waals surface area contributed by atoms with E-state index in [1.165, 1.54) is 17.0 Å². The molecule has 0 spiro atoms. The van der Waals surface area contributed by atoms with E-state index < -0.39 is 4.92 Å². The number of anilines is 1. The zero-order chi connectivity index (χ0) is 19.0. The summed E-state index contributed by atoms with van der Waals surface area (Å²) in [5, 5.41) is 11.6. The van der Waals surface area contributed by atoms with E-state index >= 15 is 0 Å². The van der Waals surface area contributed by atoms with Gasteiger partial charge in [0.05, 0.1) is 15.5 Å². The molecule has 0 aromatic heterocycles. The van der Waals surface area contributed by atoms with Crippen LogP contribution < -0.4 is 4.90 Å². The van der Waals surface area contributed by atoms with Crippen molar-refractivity contribution in [2.45, 2.75) is 6.92 Å². The van der Waals surface area contributed by atoms with Crippen LogP contribution in [0.4, 0.5) is 11.4 Å². The van der Waals surface area contributed by atoms with E-state index in [2.05, 4.69) is 0 Å². The first-order valence-electron chi connectivity index (χ1n) is 7.26. The fraction of sp³-hybridized carbons (Fsp3) is 0.0588. The Balaban J connectivity index is 1.96. The van der Waals surface area contributed by atoms with Gasteiger partial charge in [0, 0.05) is 11.1 Å². The maximum Gasteiger partial charge on any atom is 0.288 e. The SMILES string of the molecule is Cc1ccc(N2C(=O)/C(=C\c3ccc(Cl)c([N+](=O)[O-])c3)SC2=S)cc1Cl. The highest BCUT2D eigenvalue weighted by molar-refractivity contribution is 8.27. The molecule has 3 rings (SSSR count). The van der Waals surface area contributed by atoms with Crippen LogP contribution in [0.2, 0.25) is 10.0 Å². The predicted molar refractivity (Wildman–Crippen MR) is 110 cm³/mol.